The highest BCUT2D eigenvalue weighted by atomic mass is 32.2. The predicted octanol–water partition coefficient (Wildman–Crippen LogP) is 2.43. The summed E-state index contributed by atoms with van der Waals surface area (Å²) in [6, 6.07) is 3.58. The molecule has 20 heavy (non-hydrogen) atoms. The molecule has 1 aromatic rings. The van der Waals surface area contributed by atoms with E-state index in [1.54, 1.807) is 11.8 Å². The van der Waals surface area contributed by atoms with Crippen molar-refractivity contribution < 1.29 is 18.7 Å². The summed E-state index contributed by atoms with van der Waals surface area (Å²) in [5.41, 5.74) is -0.833. The molecule has 0 bridgehead atoms. The topological polar surface area (TPSA) is 40.5 Å². The van der Waals surface area contributed by atoms with Gasteiger partial charge in [0.1, 0.15) is 0 Å². The summed E-state index contributed by atoms with van der Waals surface area (Å²) < 4.78 is 25.8. The number of halogens is 2. The molecule has 1 heterocycles. The van der Waals surface area contributed by atoms with Crippen molar-refractivity contribution in [3.63, 3.8) is 0 Å². The van der Waals surface area contributed by atoms with Gasteiger partial charge in [0.15, 0.2) is 11.6 Å². The lowest BCUT2D eigenvalue weighted by molar-refractivity contribution is -0.134. The standard InChI is InChI=1S/C14H17F2NO2S/c1-14(19)5-2-6-17(9-14)13(18)8-20-10-3-4-11(15)12(16)7-10/h3-4,7,19H,2,5-6,8-9H2,1H3. The Morgan fingerprint density at radius 3 is 2.85 bits per heavy atom. The average Bonchev–Trinajstić information content (AvgIpc) is 2.38. The molecule has 1 saturated heterocycles. The van der Waals surface area contributed by atoms with Crippen molar-refractivity contribution in [3.8, 4) is 0 Å². The van der Waals surface area contributed by atoms with E-state index in [-0.39, 0.29) is 11.7 Å². The number of likely N-dealkylation sites (tertiary alicyclic amines) is 1. The lowest BCUT2D eigenvalue weighted by Gasteiger charge is -2.36. The van der Waals surface area contributed by atoms with Gasteiger partial charge in [0, 0.05) is 18.0 Å². The molecule has 1 unspecified atom stereocenters. The first-order chi connectivity index (χ1) is 9.37. The Hall–Kier alpha value is -1.14. The van der Waals surface area contributed by atoms with Crippen LogP contribution in [-0.4, -0.2) is 40.4 Å². The molecule has 110 valence electrons. The number of carbonyl (C=O) groups excluding carboxylic acids is 1. The number of nitrogens with zero attached hydrogens (tertiary/aromatic N) is 1. The van der Waals surface area contributed by atoms with Crippen molar-refractivity contribution >= 4 is 17.7 Å². The second-order valence-corrected chi connectivity index (χ2v) is 6.33. The van der Waals surface area contributed by atoms with E-state index in [0.717, 1.165) is 18.6 Å². The molecule has 3 nitrogen and oxygen atoms in total. The van der Waals surface area contributed by atoms with Crippen LogP contribution in [-0.2, 0) is 4.79 Å². The lowest BCUT2D eigenvalue weighted by atomic mass is 9.95. The molecule has 0 spiro atoms. The molecule has 1 aromatic carbocycles. The van der Waals surface area contributed by atoms with Crippen LogP contribution >= 0.6 is 11.8 Å². The zero-order valence-electron chi connectivity index (χ0n) is 11.2. The van der Waals surface area contributed by atoms with Gasteiger partial charge in [0.25, 0.3) is 0 Å². The van der Waals surface area contributed by atoms with Crippen LogP contribution in [0.15, 0.2) is 23.1 Å². The van der Waals surface area contributed by atoms with Crippen molar-refractivity contribution in [1.82, 2.24) is 4.90 Å². The Kier molecular flexibility index (Phi) is 4.65. The zero-order chi connectivity index (χ0) is 14.8. The van der Waals surface area contributed by atoms with E-state index in [1.807, 2.05) is 0 Å². The number of amides is 1. The maximum Gasteiger partial charge on any atom is 0.233 e. The Balaban J connectivity index is 1.90. The minimum absolute atomic E-state index is 0.0975. The summed E-state index contributed by atoms with van der Waals surface area (Å²) in [6.45, 7) is 2.67. The van der Waals surface area contributed by atoms with Crippen LogP contribution in [0.3, 0.4) is 0 Å². The van der Waals surface area contributed by atoms with E-state index in [1.165, 1.54) is 17.8 Å². The molecule has 6 heteroatoms. The summed E-state index contributed by atoms with van der Waals surface area (Å²) in [6.07, 6.45) is 1.46. The largest absolute Gasteiger partial charge is 0.388 e. The molecule has 2 rings (SSSR count). The fourth-order valence-electron chi connectivity index (χ4n) is 2.24. The first-order valence-corrected chi connectivity index (χ1v) is 7.44. The maximum atomic E-state index is 13.0. The van der Waals surface area contributed by atoms with Crippen molar-refractivity contribution in [1.29, 1.82) is 0 Å². The SMILES string of the molecule is CC1(O)CCCN(C(=O)CSc2ccc(F)c(F)c2)C1. The van der Waals surface area contributed by atoms with Crippen LogP contribution in [0.5, 0.6) is 0 Å². The number of rotatable bonds is 3. The first kappa shape index (κ1) is 15.3. The van der Waals surface area contributed by atoms with E-state index in [4.69, 9.17) is 0 Å². The van der Waals surface area contributed by atoms with Crippen LogP contribution in [0.1, 0.15) is 19.8 Å². The summed E-state index contributed by atoms with van der Waals surface area (Å²) >= 11 is 1.17. The number of β-amino-alcohol motifs (C(OH)–C–C–N with tert-alkyl or cyclic N) is 1. The van der Waals surface area contributed by atoms with Gasteiger partial charge >= 0.3 is 0 Å². The van der Waals surface area contributed by atoms with Crippen molar-refractivity contribution in [2.45, 2.75) is 30.3 Å². The molecule has 0 aromatic heterocycles. The summed E-state index contributed by atoms with van der Waals surface area (Å²) in [7, 11) is 0. The third kappa shape index (κ3) is 3.93. The molecule has 1 fully saturated rings. The molecule has 0 radical (unpaired) electrons. The Morgan fingerprint density at radius 1 is 1.45 bits per heavy atom. The van der Waals surface area contributed by atoms with Crippen molar-refractivity contribution in [3.05, 3.63) is 29.8 Å². The van der Waals surface area contributed by atoms with Crippen LogP contribution in [0.25, 0.3) is 0 Å². The number of hydrogen-bond donors (Lipinski definition) is 1. The van der Waals surface area contributed by atoms with Crippen LogP contribution < -0.4 is 0 Å². The summed E-state index contributed by atoms with van der Waals surface area (Å²) in [5.74, 6) is -1.75. The van der Waals surface area contributed by atoms with E-state index < -0.39 is 17.2 Å². The normalized spacial score (nSPS) is 22.9. The zero-order valence-corrected chi connectivity index (χ0v) is 12.1. The molecular formula is C14H17F2NO2S. The second kappa shape index (κ2) is 6.10. The van der Waals surface area contributed by atoms with Gasteiger partial charge < -0.3 is 10.0 Å². The molecule has 1 aliphatic heterocycles. The number of piperidine rings is 1. The number of carbonyl (C=O) groups is 1. The minimum atomic E-state index is -0.914. The molecular weight excluding hydrogens is 284 g/mol. The molecule has 1 atom stereocenters. The number of thioether (sulfide) groups is 1. The average molecular weight is 301 g/mol. The van der Waals surface area contributed by atoms with E-state index >= 15 is 0 Å². The number of benzene rings is 1. The van der Waals surface area contributed by atoms with Crippen LogP contribution in [0, 0.1) is 11.6 Å². The van der Waals surface area contributed by atoms with Crippen molar-refractivity contribution in [2.24, 2.45) is 0 Å². The first-order valence-electron chi connectivity index (χ1n) is 6.45. The van der Waals surface area contributed by atoms with Gasteiger partial charge in [-0.05, 0) is 38.0 Å². The Bertz CT molecular complexity index is 508. The van der Waals surface area contributed by atoms with E-state index in [0.29, 0.717) is 24.4 Å². The molecule has 0 saturated carbocycles. The fourth-order valence-corrected chi connectivity index (χ4v) is 3.06. The molecule has 1 amide bonds. The third-order valence-electron chi connectivity index (χ3n) is 3.28. The molecule has 1 aliphatic rings. The Morgan fingerprint density at radius 2 is 2.20 bits per heavy atom. The molecule has 0 aliphatic carbocycles. The summed E-state index contributed by atoms with van der Waals surface area (Å²) in [5, 5.41) is 9.95. The molecule has 1 N–H and O–H groups in total. The lowest BCUT2D eigenvalue weighted by Crippen LogP contribution is -2.49. The van der Waals surface area contributed by atoms with Gasteiger partial charge in [-0.1, -0.05) is 0 Å². The minimum Gasteiger partial charge on any atom is -0.388 e. The van der Waals surface area contributed by atoms with Crippen LogP contribution in [0.4, 0.5) is 8.78 Å². The highest BCUT2D eigenvalue weighted by Crippen LogP contribution is 2.24. The predicted molar refractivity (Wildman–Crippen MR) is 73.5 cm³/mol. The van der Waals surface area contributed by atoms with Gasteiger partial charge in [-0.3, -0.25) is 4.79 Å². The van der Waals surface area contributed by atoms with Crippen molar-refractivity contribution in [2.75, 3.05) is 18.8 Å². The van der Waals surface area contributed by atoms with Crippen LogP contribution in [0.2, 0.25) is 0 Å². The number of aliphatic hydroxyl groups is 1. The maximum absolute atomic E-state index is 13.0. The Labute approximate surface area is 121 Å². The van der Waals surface area contributed by atoms with Gasteiger partial charge in [0.05, 0.1) is 11.4 Å². The van der Waals surface area contributed by atoms with Gasteiger partial charge in [0.2, 0.25) is 5.91 Å². The third-order valence-corrected chi connectivity index (χ3v) is 4.26. The van der Waals surface area contributed by atoms with Gasteiger partial charge in [-0.15, -0.1) is 11.8 Å². The quantitative estimate of drug-likeness (QED) is 0.872. The highest BCUT2D eigenvalue weighted by molar-refractivity contribution is 8.00. The highest BCUT2D eigenvalue weighted by Gasteiger charge is 2.30. The smallest absolute Gasteiger partial charge is 0.233 e. The fraction of sp³-hybridized carbons (Fsp3) is 0.500. The monoisotopic (exact) mass is 301 g/mol. The van der Waals surface area contributed by atoms with Gasteiger partial charge in [-0.25, -0.2) is 8.78 Å². The summed E-state index contributed by atoms with van der Waals surface area (Å²) in [4.78, 5) is 14.2. The number of hydrogen-bond acceptors (Lipinski definition) is 3. The second-order valence-electron chi connectivity index (χ2n) is 5.28. The van der Waals surface area contributed by atoms with Gasteiger partial charge in [-0.2, -0.15) is 0 Å². The van der Waals surface area contributed by atoms with E-state index in [9.17, 15) is 18.7 Å². The van der Waals surface area contributed by atoms with E-state index in [2.05, 4.69) is 0 Å².